The molecule has 24 heavy (non-hydrogen) atoms. The van der Waals surface area contributed by atoms with Crippen LogP contribution >= 0.6 is 0 Å². The third-order valence-corrected chi connectivity index (χ3v) is 3.68. The van der Waals surface area contributed by atoms with Gasteiger partial charge in [-0.05, 0) is 38.3 Å². The molecule has 5 nitrogen and oxygen atoms in total. The minimum Gasteiger partial charge on any atom is -0.493 e. The lowest BCUT2D eigenvalue weighted by molar-refractivity contribution is 0.322. The third-order valence-electron chi connectivity index (χ3n) is 3.68. The van der Waals surface area contributed by atoms with Crippen molar-refractivity contribution in [3.05, 3.63) is 48.7 Å². The van der Waals surface area contributed by atoms with E-state index in [9.17, 15) is 0 Å². The van der Waals surface area contributed by atoms with Gasteiger partial charge in [-0.2, -0.15) is 0 Å². The fourth-order valence-electron chi connectivity index (χ4n) is 2.56. The molecule has 0 unspecified atom stereocenters. The number of anilines is 1. The van der Waals surface area contributed by atoms with Gasteiger partial charge in [0.2, 0.25) is 0 Å². The van der Waals surface area contributed by atoms with Gasteiger partial charge in [-0.15, -0.1) is 0 Å². The van der Waals surface area contributed by atoms with Crippen LogP contribution in [0.5, 0.6) is 11.5 Å². The highest BCUT2D eigenvalue weighted by atomic mass is 16.5. The van der Waals surface area contributed by atoms with Gasteiger partial charge in [0, 0.05) is 17.5 Å². The molecule has 0 saturated carbocycles. The van der Waals surface area contributed by atoms with E-state index in [1.165, 1.54) is 0 Å². The van der Waals surface area contributed by atoms with E-state index in [0.717, 1.165) is 28.7 Å². The number of allylic oxidation sites excluding steroid dienone is 2. The van der Waals surface area contributed by atoms with Gasteiger partial charge in [-0.25, -0.2) is 9.97 Å². The maximum absolute atomic E-state index is 5.95. The zero-order valence-electron chi connectivity index (χ0n) is 14.2. The molecule has 1 aliphatic carbocycles. The van der Waals surface area contributed by atoms with E-state index >= 15 is 0 Å². The normalized spacial score (nSPS) is 13.9. The molecule has 3 rings (SSSR count). The molecule has 125 valence electrons. The van der Waals surface area contributed by atoms with Gasteiger partial charge in [-0.1, -0.05) is 18.2 Å². The van der Waals surface area contributed by atoms with E-state index in [1.807, 2.05) is 12.1 Å². The molecule has 0 atom stereocenters. The van der Waals surface area contributed by atoms with Crippen molar-refractivity contribution in [1.82, 2.24) is 9.97 Å². The van der Waals surface area contributed by atoms with E-state index in [-0.39, 0.29) is 6.04 Å². The maximum Gasteiger partial charge on any atom is 0.163 e. The second-order valence-corrected chi connectivity index (χ2v) is 5.95. The molecule has 0 spiro atoms. The van der Waals surface area contributed by atoms with Crippen LogP contribution in [0.25, 0.3) is 10.9 Å². The van der Waals surface area contributed by atoms with Crippen molar-refractivity contribution in [3.63, 3.8) is 0 Å². The van der Waals surface area contributed by atoms with Gasteiger partial charge >= 0.3 is 0 Å². The van der Waals surface area contributed by atoms with E-state index in [4.69, 9.17) is 9.47 Å². The maximum atomic E-state index is 5.95. The lowest BCUT2D eigenvalue weighted by atomic mass is 10.1. The number of fused-ring (bicyclic) bond motifs is 1. The number of hydrogen-bond donors (Lipinski definition) is 1. The van der Waals surface area contributed by atoms with Gasteiger partial charge in [0.1, 0.15) is 18.8 Å². The summed E-state index contributed by atoms with van der Waals surface area (Å²) in [7, 11) is 1.64. The van der Waals surface area contributed by atoms with Crippen LogP contribution in [0, 0.1) is 6.42 Å². The van der Waals surface area contributed by atoms with Gasteiger partial charge in [0.15, 0.2) is 11.5 Å². The number of nitrogens with one attached hydrogen (secondary N) is 1. The Morgan fingerprint density at radius 2 is 2.08 bits per heavy atom. The molecule has 0 aliphatic heterocycles. The van der Waals surface area contributed by atoms with Crippen LogP contribution in [0.15, 0.2) is 42.3 Å². The second kappa shape index (κ2) is 7.34. The van der Waals surface area contributed by atoms with Gasteiger partial charge in [0.05, 0.1) is 12.6 Å². The van der Waals surface area contributed by atoms with E-state index in [0.29, 0.717) is 18.1 Å². The van der Waals surface area contributed by atoms with Crippen molar-refractivity contribution >= 4 is 16.7 Å². The van der Waals surface area contributed by atoms with Gasteiger partial charge < -0.3 is 14.8 Å². The van der Waals surface area contributed by atoms with Crippen molar-refractivity contribution in [2.24, 2.45) is 0 Å². The first-order valence-corrected chi connectivity index (χ1v) is 8.08. The Bertz CT molecular complexity index is 782. The fraction of sp³-hybridized carbons (Fsp3) is 0.316. The SMILES string of the molecule is COc1cc2c(NC(C)C)ncnc2cc1OCC1=C[CH]CC=C1. The Hall–Kier alpha value is -2.56. The largest absolute Gasteiger partial charge is 0.493 e. The first-order valence-electron chi connectivity index (χ1n) is 8.08. The zero-order chi connectivity index (χ0) is 16.9. The Kier molecular flexibility index (Phi) is 4.99. The van der Waals surface area contributed by atoms with Crippen molar-refractivity contribution < 1.29 is 9.47 Å². The summed E-state index contributed by atoms with van der Waals surface area (Å²) in [5.74, 6) is 2.15. The Morgan fingerprint density at radius 1 is 1.21 bits per heavy atom. The topological polar surface area (TPSA) is 56.3 Å². The molecule has 0 amide bonds. The zero-order valence-corrected chi connectivity index (χ0v) is 14.2. The number of benzene rings is 1. The van der Waals surface area contributed by atoms with Crippen molar-refractivity contribution in [1.29, 1.82) is 0 Å². The molecule has 1 heterocycles. The number of ether oxygens (including phenoxy) is 2. The molecule has 1 N–H and O–H groups in total. The van der Waals surface area contributed by atoms with Crippen LogP contribution in [0.1, 0.15) is 20.3 Å². The highest BCUT2D eigenvalue weighted by Gasteiger charge is 2.12. The molecule has 5 heteroatoms. The molecule has 2 aromatic rings. The molecule has 1 aliphatic rings. The van der Waals surface area contributed by atoms with E-state index < -0.39 is 0 Å². The van der Waals surface area contributed by atoms with Crippen LogP contribution < -0.4 is 14.8 Å². The predicted molar refractivity (Wildman–Crippen MR) is 96.5 cm³/mol. The number of hydrogen-bond acceptors (Lipinski definition) is 5. The van der Waals surface area contributed by atoms with Crippen molar-refractivity contribution in [2.45, 2.75) is 26.3 Å². The summed E-state index contributed by atoms with van der Waals surface area (Å²) in [5, 5.41) is 4.25. The number of methoxy groups -OCH3 is 1. The van der Waals surface area contributed by atoms with Crippen LogP contribution in [0.2, 0.25) is 0 Å². The monoisotopic (exact) mass is 324 g/mol. The first-order chi connectivity index (χ1) is 11.7. The summed E-state index contributed by atoms with van der Waals surface area (Å²) < 4.78 is 11.5. The molecular formula is C19H22N3O2. The Morgan fingerprint density at radius 3 is 2.79 bits per heavy atom. The molecule has 0 saturated heterocycles. The number of rotatable bonds is 6. The fourth-order valence-corrected chi connectivity index (χ4v) is 2.56. The Labute approximate surface area is 142 Å². The third kappa shape index (κ3) is 3.67. The summed E-state index contributed by atoms with van der Waals surface area (Å²) in [6, 6.07) is 4.11. The molecular weight excluding hydrogens is 302 g/mol. The molecule has 0 fully saturated rings. The van der Waals surface area contributed by atoms with Crippen LogP contribution in [0.4, 0.5) is 5.82 Å². The summed E-state index contributed by atoms with van der Waals surface area (Å²) in [4.78, 5) is 8.69. The average molecular weight is 324 g/mol. The molecule has 1 radical (unpaired) electrons. The smallest absolute Gasteiger partial charge is 0.163 e. The summed E-state index contributed by atoms with van der Waals surface area (Å²) in [6.07, 6.45) is 10.9. The van der Waals surface area contributed by atoms with E-state index in [1.54, 1.807) is 13.4 Å². The predicted octanol–water partition coefficient (Wildman–Crippen LogP) is 3.93. The highest BCUT2D eigenvalue weighted by Crippen LogP contribution is 2.34. The second-order valence-electron chi connectivity index (χ2n) is 5.95. The highest BCUT2D eigenvalue weighted by molar-refractivity contribution is 5.91. The molecule has 0 bridgehead atoms. The minimum absolute atomic E-state index is 0.284. The van der Waals surface area contributed by atoms with E-state index in [2.05, 4.69) is 53.8 Å². The lowest BCUT2D eigenvalue weighted by Crippen LogP contribution is -2.11. The van der Waals surface area contributed by atoms with Crippen molar-refractivity contribution in [2.75, 3.05) is 19.0 Å². The average Bonchev–Trinajstić information content (AvgIpc) is 2.60. The number of nitrogens with zero attached hydrogens (tertiary/aromatic N) is 2. The quantitative estimate of drug-likeness (QED) is 0.872. The van der Waals surface area contributed by atoms with Gasteiger partial charge in [-0.3, -0.25) is 0 Å². The number of aromatic nitrogens is 2. The van der Waals surface area contributed by atoms with Crippen LogP contribution in [-0.4, -0.2) is 29.7 Å². The summed E-state index contributed by atoms with van der Waals surface area (Å²) >= 11 is 0. The lowest BCUT2D eigenvalue weighted by Gasteiger charge is -2.15. The molecule has 1 aromatic carbocycles. The molecule has 1 aromatic heterocycles. The van der Waals surface area contributed by atoms with Gasteiger partial charge in [0.25, 0.3) is 0 Å². The van der Waals surface area contributed by atoms with Crippen LogP contribution in [0.3, 0.4) is 0 Å². The standard InChI is InChI=1S/C19H22N3O2/c1-13(2)22-19-15-9-17(23-3)18(10-16(15)20-12-21-19)24-11-14-7-5-4-6-8-14/h5-10,12-13H,4,11H2,1-3H3,(H,20,21,22). The van der Waals surface area contributed by atoms with Crippen molar-refractivity contribution in [3.8, 4) is 11.5 Å². The Balaban J connectivity index is 1.90. The summed E-state index contributed by atoms with van der Waals surface area (Å²) in [6.45, 7) is 4.65. The van der Waals surface area contributed by atoms with Crippen LogP contribution in [-0.2, 0) is 0 Å². The summed E-state index contributed by atoms with van der Waals surface area (Å²) in [5.41, 5.74) is 1.96. The minimum atomic E-state index is 0.284. The first kappa shape index (κ1) is 16.3.